The van der Waals surface area contributed by atoms with Crippen molar-refractivity contribution in [3.63, 3.8) is 0 Å². The van der Waals surface area contributed by atoms with Crippen LogP contribution in [-0.4, -0.2) is 23.3 Å². The lowest BCUT2D eigenvalue weighted by molar-refractivity contribution is 0.363. The van der Waals surface area contributed by atoms with E-state index in [0.717, 1.165) is 11.3 Å². The van der Waals surface area contributed by atoms with E-state index in [1.54, 1.807) is 7.11 Å². The van der Waals surface area contributed by atoms with Gasteiger partial charge < -0.3 is 14.6 Å². The number of benzene rings is 1. The predicted octanol–water partition coefficient (Wildman–Crippen LogP) is 1.92. The van der Waals surface area contributed by atoms with Gasteiger partial charge in [0.1, 0.15) is 5.75 Å². The molecule has 1 aromatic carbocycles. The highest BCUT2D eigenvalue weighted by Crippen LogP contribution is 2.19. The monoisotopic (exact) mass is 259 g/mol. The van der Waals surface area contributed by atoms with Crippen molar-refractivity contribution in [2.45, 2.75) is 31.8 Å². The summed E-state index contributed by atoms with van der Waals surface area (Å²) in [5.41, 5.74) is 1.11. The molecule has 3 rings (SSSR count). The molecule has 0 bridgehead atoms. The molecule has 1 fully saturated rings. The molecular weight excluding hydrogens is 242 g/mol. The van der Waals surface area contributed by atoms with Crippen molar-refractivity contribution >= 4 is 0 Å². The third kappa shape index (κ3) is 3.32. The minimum atomic E-state index is 0.647. The smallest absolute Gasteiger partial charge is 0.240 e. The highest BCUT2D eigenvalue weighted by molar-refractivity contribution is 5.30. The molecule has 1 aromatic heterocycles. The highest BCUT2D eigenvalue weighted by Gasteiger charge is 2.21. The van der Waals surface area contributed by atoms with Gasteiger partial charge >= 0.3 is 0 Å². The van der Waals surface area contributed by atoms with Crippen LogP contribution in [0, 0.1) is 0 Å². The zero-order chi connectivity index (χ0) is 13.1. The molecule has 1 N–H and O–H groups in total. The number of aromatic nitrogens is 2. The largest absolute Gasteiger partial charge is 0.497 e. The van der Waals surface area contributed by atoms with Crippen molar-refractivity contribution in [2.24, 2.45) is 0 Å². The maximum Gasteiger partial charge on any atom is 0.240 e. The summed E-state index contributed by atoms with van der Waals surface area (Å²) in [5, 5.41) is 7.35. The molecule has 5 heteroatoms. The van der Waals surface area contributed by atoms with Crippen LogP contribution in [0.3, 0.4) is 0 Å². The fourth-order valence-electron chi connectivity index (χ4n) is 1.92. The normalized spacial score (nSPS) is 14.6. The number of ether oxygens (including phenoxy) is 1. The van der Waals surface area contributed by atoms with Crippen LogP contribution in [-0.2, 0) is 13.0 Å². The molecule has 0 amide bonds. The first-order valence-electron chi connectivity index (χ1n) is 6.51. The van der Waals surface area contributed by atoms with E-state index in [2.05, 4.69) is 15.5 Å². The molecule has 2 aromatic rings. The summed E-state index contributed by atoms with van der Waals surface area (Å²) in [6.45, 7) is 0.662. The highest BCUT2D eigenvalue weighted by atomic mass is 16.5. The van der Waals surface area contributed by atoms with Crippen molar-refractivity contribution in [3.05, 3.63) is 41.5 Å². The minimum absolute atomic E-state index is 0.647. The number of rotatable bonds is 6. The Balaban J connectivity index is 1.61. The summed E-state index contributed by atoms with van der Waals surface area (Å²) in [4.78, 5) is 4.38. The maximum absolute atomic E-state index is 5.22. The summed E-state index contributed by atoms with van der Waals surface area (Å²) in [7, 11) is 1.66. The van der Waals surface area contributed by atoms with E-state index in [9.17, 15) is 0 Å². The molecule has 0 unspecified atom stereocenters. The van der Waals surface area contributed by atoms with Crippen LogP contribution in [0.25, 0.3) is 0 Å². The molecule has 1 saturated carbocycles. The Kier molecular flexibility index (Phi) is 3.46. The van der Waals surface area contributed by atoms with Gasteiger partial charge in [0.15, 0.2) is 5.82 Å². The van der Waals surface area contributed by atoms with Crippen molar-refractivity contribution in [2.75, 3.05) is 7.11 Å². The Labute approximate surface area is 112 Å². The first-order chi connectivity index (χ1) is 9.33. The van der Waals surface area contributed by atoms with Gasteiger partial charge in [0.05, 0.1) is 13.7 Å². The molecule has 0 atom stereocenters. The van der Waals surface area contributed by atoms with E-state index in [1.807, 2.05) is 24.3 Å². The topological polar surface area (TPSA) is 60.2 Å². The summed E-state index contributed by atoms with van der Waals surface area (Å²) < 4.78 is 10.4. The number of hydrogen-bond donors (Lipinski definition) is 1. The van der Waals surface area contributed by atoms with Crippen LogP contribution in [0.15, 0.2) is 28.8 Å². The van der Waals surface area contributed by atoms with Crippen molar-refractivity contribution in [3.8, 4) is 5.75 Å². The number of hydrogen-bond acceptors (Lipinski definition) is 5. The zero-order valence-corrected chi connectivity index (χ0v) is 10.9. The van der Waals surface area contributed by atoms with Crippen LogP contribution in [0.1, 0.15) is 30.1 Å². The molecule has 100 valence electrons. The Bertz CT molecular complexity index is 549. The zero-order valence-electron chi connectivity index (χ0n) is 10.9. The third-order valence-electron chi connectivity index (χ3n) is 3.13. The van der Waals surface area contributed by atoms with Crippen LogP contribution < -0.4 is 10.1 Å². The molecule has 5 nitrogen and oxygen atoms in total. The molecule has 1 heterocycles. The fraction of sp³-hybridized carbons (Fsp3) is 0.429. The van der Waals surface area contributed by atoms with Gasteiger partial charge in [0, 0.05) is 12.5 Å². The molecule has 1 aliphatic rings. The van der Waals surface area contributed by atoms with E-state index < -0.39 is 0 Å². The average Bonchev–Trinajstić information content (AvgIpc) is 3.17. The summed E-state index contributed by atoms with van der Waals surface area (Å²) in [6.07, 6.45) is 3.17. The minimum Gasteiger partial charge on any atom is -0.497 e. The molecule has 0 saturated heterocycles. The molecule has 1 aliphatic carbocycles. The van der Waals surface area contributed by atoms with Crippen LogP contribution in [0.2, 0.25) is 0 Å². The molecule has 0 spiro atoms. The second-order valence-electron chi connectivity index (χ2n) is 4.79. The number of nitrogens with one attached hydrogen (secondary N) is 1. The molecular formula is C14H17N3O2. The molecule has 0 radical (unpaired) electrons. The average molecular weight is 259 g/mol. The maximum atomic E-state index is 5.22. The van der Waals surface area contributed by atoms with Gasteiger partial charge in [-0.2, -0.15) is 4.98 Å². The second-order valence-corrected chi connectivity index (χ2v) is 4.79. The van der Waals surface area contributed by atoms with Gasteiger partial charge in [-0.15, -0.1) is 0 Å². The van der Waals surface area contributed by atoms with Gasteiger partial charge in [-0.1, -0.05) is 17.3 Å². The van der Waals surface area contributed by atoms with E-state index in [4.69, 9.17) is 9.26 Å². The number of nitrogens with zero attached hydrogens (tertiary/aromatic N) is 2. The van der Waals surface area contributed by atoms with Crippen LogP contribution >= 0.6 is 0 Å². The Morgan fingerprint density at radius 1 is 1.42 bits per heavy atom. The van der Waals surface area contributed by atoms with Crippen LogP contribution in [0.4, 0.5) is 0 Å². The summed E-state index contributed by atoms with van der Waals surface area (Å²) >= 11 is 0. The molecule has 0 aliphatic heterocycles. The lowest BCUT2D eigenvalue weighted by Crippen LogP contribution is -2.15. The standard InChI is InChI=1S/C14H17N3O2/c1-18-12-4-2-3-10(7-12)8-13-16-14(19-17-13)9-15-11-5-6-11/h2-4,7,11,15H,5-6,8-9H2,1H3. The lowest BCUT2D eigenvalue weighted by Gasteiger charge is -2.01. The van der Waals surface area contributed by atoms with Crippen molar-refractivity contribution < 1.29 is 9.26 Å². The molecule has 19 heavy (non-hydrogen) atoms. The van der Waals surface area contributed by atoms with Crippen LogP contribution in [0.5, 0.6) is 5.75 Å². The van der Waals surface area contributed by atoms with E-state index in [0.29, 0.717) is 30.7 Å². The van der Waals surface area contributed by atoms with Crippen molar-refractivity contribution in [1.29, 1.82) is 0 Å². The summed E-state index contributed by atoms with van der Waals surface area (Å²) in [6, 6.07) is 8.54. The van der Waals surface area contributed by atoms with Crippen molar-refractivity contribution in [1.82, 2.24) is 15.5 Å². The quantitative estimate of drug-likeness (QED) is 0.858. The Hall–Kier alpha value is -1.88. The second kappa shape index (κ2) is 5.40. The lowest BCUT2D eigenvalue weighted by atomic mass is 10.1. The first kappa shape index (κ1) is 12.2. The van der Waals surface area contributed by atoms with E-state index in [1.165, 1.54) is 12.8 Å². The Morgan fingerprint density at radius 2 is 2.32 bits per heavy atom. The third-order valence-corrected chi connectivity index (χ3v) is 3.13. The van der Waals surface area contributed by atoms with Gasteiger partial charge in [0.2, 0.25) is 5.89 Å². The van der Waals surface area contributed by atoms with Gasteiger partial charge in [-0.25, -0.2) is 0 Å². The van der Waals surface area contributed by atoms with E-state index in [-0.39, 0.29) is 0 Å². The predicted molar refractivity (Wildman–Crippen MR) is 70.0 cm³/mol. The van der Waals surface area contributed by atoms with Gasteiger partial charge in [-0.05, 0) is 30.5 Å². The van der Waals surface area contributed by atoms with Gasteiger partial charge in [-0.3, -0.25) is 0 Å². The van der Waals surface area contributed by atoms with E-state index >= 15 is 0 Å². The first-order valence-corrected chi connectivity index (χ1v) is 6.51. The number of methoxy groups -OCH3 is 1. The summed E-state index contributed by atoms with van der Waals surface area (Å²) in [5.74, 6) is 2.21. The Morgan fingerprint density at radius 3 is 3.11 bits per heavy atom. The SMILES string of the molecule is COc1cccc(Cc2noc(CNC3CC3)n2)c1. The van der Waals surface area contributed by atoms with Gasteiger partial charge in [0.25, 0.3) is 0 Å². The fourth-order valence-corrected chi connectivity index (χ4v) is 1.92.